The molecule has 1 heterocycles. The van der Waals surface area contributed by atoms with Gasteiger partial charge in [-0.15, -0.1) is 12.3 Å². The van der Waals surface area contributed by atoms with Crippen LogP contribution in [0.4, 0.5) is 0 Å². The van der Waals surface area contributed by atoms with E-state index in [-0.39, 0.29) is 0 Å². The van der Waals surface area contributed by atoms with Crippen LogP contribution in [0, 0.1) is 12.3 Å². The Morgan fingerprint density at radius 3 is 3.25 bits per heavy atom. The van der Waals surface area contributed by atoms with E-state index in [1.165, 1.54) is 0 Å². The van der Waals surface area contributed by atoms with Crippen molar-refractivity contribution in [2.24, 2.45) is 0 Å². The smallest absolute Gasteiger partial charge is 0.0762 e. The molecule has 1 N–H and O–H groups in total. The molecule has 0 aliphatic heterocycles. The fourth-order valence-corrected chi connectivity index (χ4v) is 1.36. The zero-order valence-corrected chi connectivity index (χ0v) is 9.78. The van der Waals surface area contributed by atoms with Gasteiger partial charge in [-0.3, -0.25) is 4.68 Å². The average Bonchev–Trinajstić information content (AvgIpc) is 2.73. The van der Waals surface area contributed by atoms with Crippen LogP contribution < -0.4 is 5.32 Å². The minimum absolute atomic E-state index is 0.725. The van der Waals surface area contributed by atoms with Crippen LogP contribution in [0.2, 0.25) is 0 Å². The number of rotatable bonds is 8. The van der Waals surface area contributed by atoms with Crippen LogP contribution in [0.3, 0.4) is 0 Å². The van der Waals surface area contributed by atoms with Crippen molar-refractivity contribution < 1.29 is 4.74 Å². The quantitative estimate of drug-likeness (QED) is 0.526. The number of aryl methyl sites for hydroxylation is 1. The monoisotopic (exact) mass is 221 g/mol. The Hall–Kier alpha value is -1.31. The van der Waals surface area contributed by atoms with Crippen LogP contribution in [0.5, 0.6) is 0 Å². The van der Waals surface area contributed by atoms with Gasteiger partial charge in [0.15, 0.2) is 0 Å². The Labute approximate surface area is 97.0 Å². The lowest BCUT2D eigenvalue weighted by Gasteiger charge is -2.01. The highest BCUT2D eigenvalue weighted by Gasteiger charge is 1.97. The number of unbranched alkanes of at least 4 members (excludes halogenated alkanes) is 1. The molecule has 88 valence electrons. The highest BCUT2D eigenvalue weighted by molar-refractivity contribution is 4.98. The van der Waals surface area contributed by atoms with Gasteiger partial charge in [0, 0.05) is 39.4 Å². The van der Waals surface area contributed by atoms with Crippen molar-refractivity contribution in [2.75, 3.05) is 20.3 Å². The van der Waals surface area contributed by atoms with Crippen LogP contribution in [-0.4, -0.2) is 30.0 Å². The minimum atomic E-state index is 0.725. The van der Waals surface area contributed by atoms with Crippen LogP contribution >= 0.6 is 0 Å². The first-order valence-corrected chi connectivity index (χ1v) is 5.52. The van der Waals surface area contributed by atoms with E-state index >= 15 is 0 Å². The number of ether oxygens (including phenoxy) is 1. The number of hydrogen-bond acceptors (Lipinski definition) is 3. The molecule has 0 radical (unpaired) electrons. The van der Waals surface area contributed by atoms with Gasteiger partial charge >= 0.3 is 0 Å². The summed E-state index contributed by atoms with van der Waals surface area (Å²) in [6.07, 6.45) is 8.97. The maximum atomic E-state index is 5.19. The highest BCUT2D eigenvalue weighted by Crippen LogP contribution is 1.98. The highest BCUT2D eigenvalue weighted by atomic mass is 16.5. The molecule has 0 aliphatic rings. The third-order valence-electron chi connectivity index (χ3n) is 2.19. The summed E-state index contributed by atoms with van der Waals surface area (Å²) in [6.45, 7) is 3.25. The fourth-order valence-electron chi connectivity index (χ4n) is 1.36. The predicted molar refractivity (Wildman–Crippen MR) is 63.9 cm³/mol. The molecule has 0 aliphatic carbocycles. The minimum Gasteiger partial charge on any atom is -0.383 e. The molecule has 0 bridgehead atoms. The summed E-state index contributed by atoms with van der Waals surface area (Å²) in [5, 5.41) is 7.67. The van der Waals surface area contributed by atoms with Crippen molar-refractivity contribution >= 4 is 0 Å². The number of nitrogens with zero attached hydrogens (tertiary/aromatic N) is 2. The van der Waals surface area contributed by atoms with Crippen LogP contribution in [0.1, 0.15) is 18.5 Å². The average molecular weight is 221 g/mol. The van der Waals surface area contributed by atoms with Gasteiger partial charge in [0.2, 0.25) is 0 Å². The zero-order valence-electron chi connectivity index (χ0n) is 9.78. The third kappa shape index (κ3) is 4.96. The summed E-state index contributed by atoms with van der Waals surface area (Å²) < 4.78 is 6.88. The van der Waals surface area contributed by atoms with E-state index in [2.05, 4.69) is 16.3 Å². The molecular formula is C12H19N3O. The van der Waals surface area contributed by atoms with Crippen molar-refractivity contribution in [3.63, 3.8) is 0 Å². The Morgan fingerprint density at radius 2 is 2.50 bits per heavy atom. The van der Waals surface area contributed by atoms with Crippen LogP contribution in [-0.2, 0) is 17.8 Å². The number of methoxy groups -OCH3 is 1. The topological polar surface area (TPSA) is 39.1 Å². The van der Waals surface area contributed by atoms with Gasteiger partial charge < -0.3 is 10.1 Å². The summed E-state index contributed by atoms with van der Waals surface area (Å²) in [6, 6.07) is 2.02. The zero-order chi connectivity index (χ0) is 11.6. The second-order valence-corrected chi connectivity index (χ2v) is 3.55. The Kier molecular flexibility index (Phi) is 6.31. The van der Waals surface area contributed by atoms with E-state index < -0.39 is 0 Å². The van der Waals surface area contributed by atoms with Crippen molar-refractivity contribution in [1.29, 1.82) is 0 Å². The molecule has 0 fully saturated rings. The van der Waals surface area contributed by atoms with Gasteiger partial charge in [-0.1, -0.05) is 0 Å². The summed E-state index contributed by atoms with van der Waals surface area (Å²) >= 11 is 0. The van der Waals surface area contributed by atoms with Gasteiger partial charge in [-0.2, -0.15) is 5.10 Å². The Bertz CT molecular complexity index is 327. The molecule has 1 aromatic heterocycles. The summed E-state index contributed by atoms with van der Waals surface area (Å²) in [7, 11) is 1.70. The lowest BCUT2D eigenvalue weighted by molar-refractivity contribution is 0.199. The Morgan fingerprint density at radius 1 is 1.62 bits per heavy atom. The lowest BCUT2D eigenvalue weighted by atomic mass is 10.3. The van der Waals surface area contributed by atoms with Crippen LogP contribution in [0.25, 0.3) is 0 Å². The maximum Gasteiger partial charge on any atom is 0.0762 e. The van der Waals surface area contributed by atoms with Gasteiger partial charge in [0.25, 0.3) is 0 Å². The second kappa shape index (κ2) is 7.91. The van der Waals surface area contributed by atoms with Crippen molar-refractivity contribution in [3.05, 3.63) is 18.0 Å². The number of hydrogen-bond donors (Lipinski definition) is 1. The lowest BCUT2D eigenvalue weighted by Crippen LogP contribution is -2.19. The van der Waals surface area contributed by atoms with Crippen molar-refractivity contribution in [2.45, 2.75) is 25.9 Å². The summed E-state index contributed by atoms with van der Waals surface area (Å²) in [5.74, 6) is 2.63. The van der Waals surface area contributed by atoms with Gasteiger partial charge in [0.1, 0.15) is 0 Å². The standard InChI is InChI=1S/C12H19N3O/c1-3-4-5-8-15-9-6-12(14-15)11-13-7-10-16-2/h1,6,9,13H,4-5,7-8,10-11H2,2H3. The second-order valence-electron chi connectivity index (χ2n) is 3.55. The Balaban J connectivity index is 2.20. The molecule has 0 unspecified atom stereocenters. The molecule has 0 aromatic carbocycles. The molecule has 1 aromatic rings. The van der Waals surface area contributed by atoms with Crippen LogP contribution in [0.15, 0.2) is 12.3 Å². The molecule has 0 atom stereocenters. The van der Waals surface area contributed by atoms with Gasteiger partial charge in [-0.05, 0) is 12.5 Å². The van der Waals surface area contributed by atoms with E-state index in [1.807, 2.05) is 16.9 Å². The van der Waals surface area contributed by atoms with Gasteiger partial charge in [0.05, 0.1) is 12.3 Å². The normalized spacial score (nSPS) is 10.2. The largest absolute Gasteiger partial charge is 0.383 e. The van der Waals surface area contributed by atoms with Gasteiger partial charge in [-0.25, -0.2) is 0 Å². The van der Waals surface area contributed by atoms with E-state index in [0.717, 1.165) is 44.8 Å². The third-order valence-corrected chi connectivity index (χ3v) is 2.19. The first-order chi connectivity index (χ1) is 7.86. The van der Waals surface area contributed by atoms with E-state index in [0.29, 0.717) is 0 Å². The first kappa shape index (κ1) is 12.8. The van der Waals surface area contributed by atoms with Crippen molar-refractivity contribution in [1.82, 2.24) is 15.1 Å². The van der Waals surface area contributed by atoms with Crippen molar-refractivity contribution in [3.8, 4) is 12.3 Å². The molecule has 0 spiro atoms. The molecule has 1 rings (SSSR count). The van der Waals surface area contributed by atoms with E-state index in [1.54, 1.807) is 7.11 Å². The molecule has 0 saturated heterocycles. The summed E-state index contributed by atoms with van der Waals surface area (Å²) in [4.78, 5) is 0. The molecule has 4 nitrogen and oxygen atoms in total. The number of terminal acetylenes is 1. The number of aromatic nitrogens is 2. The van der Waals surface area contributed by atoms with E-state index in [9.17, 15) is 0 Å². The molecule has 0 amide bonds. The SMILES string of the molecule is C#CCCCn1ccc(CNCCOC)n1. The fraction of sp³-hybridized carbons (Fsp3) is 0.583. The summed E-state index contributed by atoms with van der Waals surface area (Å²) in [5.41, 5.74) is 1.05. The molecule has 16 heavy (non-hydrogen) atoms. The molecular weight excluding hydrogens is 202 g/mol. The first-order valence-electron chi connectivity index (χ1n) is 5.52. The number of nitrogens with one attached hydrogen (secondary N) is 1. The maximum absolute atomic E-state index is 5.19. The predicted octanol–water partition coefficient (Wildman–Crippen LogP) is 1.03. The molecule has 0 saturated carbocycles. The molecule has 4 heteroatoms. The van der Waals surface area contributed by atoms with E-state index in [4.69, 9.17) is 11.2 Å².